The van der Waals surface area contributed by atoms with Gasteiger partial charge in [0.25, 0.3) is 0 Å². The molecule has 2 aromatic rings. The van der Waals surface area contributed by atoms with E-state index in [-0.39, 0.29) is 0 Å². The van der Waals surface area contributed by atoms with Gasteiger partial charge in [0.15, 0.2) is 11.5 Å². The van der Waals surface area contributed by atoms with Gasteiger partial charge in [0.1, 0.15) is 0 Å². The fourth-order valence-electron chi connectivity index (χ4n) is 2.34. The summed E-state index contributed by atoms with van der Waals surface area (Å²) < 4.78 is 11.3. The summed E-state index contributed by atoms with van der Waals surface area (Å²) in [6.45, 7) is 4.15. The minimum absolute atomic E-state index is 0.645. The lowest BCUT2D eigenvalue weighted by molar-refractivity contribution is 0.297. The number of aryl methyl sites for hydroxylation is 1. The first-order valence-electron chi connectivity index (χ1n) is 7.11. The summed E-state index contributed by atoms with van der Waals surface area (Å²) in [4.78, 5) is 0. The van der Waals surface area contributed by atoms with Crippen LogP contribution in [-0.2, 0) is 6.54 Å². The molecule has 0 fully saturated rings. The lowest BCUT2D eigenvalue weighted by Gasteiger charge is -2.13. The third-order valence-electron chi connectivity index (χ3n) is 3.40. The van der Waals surface area contributed by atoms with Gasteiger partial charge >= 0.3 is 0 Å². The van der Waals surface area contributed by atoms with E-state index >= 15 is 0 Å². The Morgan fingerprint density at radius 2 is 1.86 bits per heavy atom. The summed E-state index contributed by atoms with van der Waals surface area (Å²) in [7, 11) is 0. The largest absolute Gasteiger partial charge is 0.490 e. The van der Waals surface area contributed by atoms with Crippen molar-refractivity contribution >= 4 is 17.3 Å². The first-order valence-corrected chi connectivity index (χ1v) is 7.49. The molecule has 0 atom stereocenters. The Hall–Kier alpha value is -1.87. The topological polar surface area (TPSA) is 30.5 Å². The molecule has 3 nitrogen and oxygen atoms in total. The predicted octanol–water partition coefficient (Wildman–Crippen LogP) is 4.42. The van der Waals surface area contributed by atoms with Crippen LogP contribution in [0.4, 0.5) is 5.69 Å². The molecule has 1 N–H and O–H groups in total. The second kappa shape index (κ2) is 6.27. The van der Waals surface area contributed by atoms with Gasteiger partial charge in [-0.15, -0.1) is 0 Å². The smallest absolute Gasteiger partial charge is 0.163 e. The van der Waals surface area contributed by atoms with E-state index in [1.54, 1.807) is 0 Å². The number of fused-ring (bicyclic) bond motifs is 1. The van der Waals surface area contributed by atoms with Gasteiger partial charge in [-0.25, -0.2) is 0 Å². The number of hydrogen-bond acceptors (Lipinski definition) is 3. The van der Waals surface area contributed by atoms with Crippen molar-refractivity contribution in [1.29, 1.82) is 0 Å². The van der Waals surface area contributed by atoms with E-state index < -0.39 is 0 Å². The fourth-order valence-corrected chi connectivity index (χ4v) is 2.56. The molecule has 0 amide bonds. The highest BCUT2D eigenvalue weighted by molar-refractivity contribution is 6.33. The highest BCUT2D eigenvalue weighted by atomic mass is 35.5. The average Bonchev–Trinajstić information content (AvgIpc) is 2.69. The number of nitrogens with one attached hydrogen (secondary N) is 1. The Bertz CT molecular complexity index is 643. The molecule has 0 radical (unpaired) electrons. The van der Waals surface area contributed by atoms with Crippen LogP contribution < -0.4 is 14.8 Å². The van der Waals surface area contributed by atoms with Crippen LogP contribution in [0.1, 0.15) is 17.5 Å². The number of anilines is 1. The Morgan fingerprint density at radius 3 is 2.62 bits per heavy atom. The Labute approximate surface area is 129 Å². The Morgan fingerprint density at radius 1 is 1.10 bits per heavy atom. The quantitative estimate of drug-likeness (QED) is 0.910. The van der Waals surface area contributed by atoms with Gasteiger partial charge in [0.05, 0.1) is 23.9 Å². The highest BCUT2D eigenvalue weighted by Gasteiger charge is 2.14. The first-order chi connectivity index (χ1) is 10.2. The third kappa shape index (κ3) is 3.42. The summed E-state index contributed by atoms with van der Waals surface area (Å²) in [6, 6.07) is 12.1. The van der Waals surface area contributed by atoms with Crippen molar-refractivity contribution < 1.29 is 9.47 Å². The second-order valence-electron chi connectivity index (χ2n) is 5.17. The molecule has 2 aromatic carbocycles. The van der Waals surface area contributed by atoms with Crippen LogP contribution in [0.15, 0.2) is 36.4 Å². The zero-order chi connectivity index (χ0) is 14.7. The summed E-state index contributed by atoms with van der Waals surface area (Å²) in [5, 5.41) is 4.00. The van der Waals surface area contributed by atoms with E-state index in [9.17, 15) is 0 Å². The molecule has 21 heavy (non-hydrogen) atoms. The number of halogens is 1. The molecule has 110 valence electrons. The van der Waals surface area contributed by atoms with Crippen LogP contribution in [0, 0.1) is 6.92 Å². The molecule has 0 bridgehead atoms. The molecule has 0 spiro atoms. The predicted molar refractivity (Wildman–Crippen MR) is 85.6 cm³/mol. The van der Waals surface area contributed by atoms with Gasteiger partial charge < -0.3 is 14.8 Å². The van der Waals surface area contributed by atoms with Crippen molar-refractivity contribution in [2.24, 2.45) is 0 Å². The highest BCUT2D eigenvalue weighted by Crippen LogP contribution is 2.37. The lowest BCUT2D eigenvalue weighted by Crippen LogP contribution is -2.01. The number of hydrogen-bond donors (Lipinski definition) is 1. The summed E-state index contributed by atoms with van der Waals surface area (Å²) >= 11 is 6.31. The molecule has 3 rings (SSSR count). The third-order valence-corrected chi connectivity index (χ3v) is 3.72. The minimum atomic E-state index is 0.645. The Balaban J connectivity index is 1.77. The van der Waals surface area contributed by atoms with Gasteiger partial charge in [-0.2, -0.15) is 0 Å². The van der Waals surface area contributed by atoms with E-state index in [1.165, 1.54) is 11.1 Å². The first kappa shape index (κ1) is 14.1. The molecular formula is C17H18ClNO2. The van der Waals surface area contributed by atoms with Crippen molar-refractivity contribution in [3.05, 3.63) is 52.5 Å². The van der Waals surface area contributed by atoms with Gasteiger partial charge in [-0.1, -0.05) is 41.4 Å². The summed E-state index contributed by atoms with van der Waals surface area (Å²) in [5.74, 6) is 1.47. The summed E-state index contributed by atoms with van der Waals surface area (Å²) in [6.07, 6.45) is 0.887. The molecule has 0 aromatic heterocycles. The molecule has 0 unspecified atom stereocenters. The van der Waals surface area contributed by atoms with Crippen molar-refractivity contribution in [2.45, 2.75) is 19.9 Å². The summed E-state index contributed by atoms with van der Waals surface area (Å²) in [5.41, 5.74) is 3.33. The normalized spacial score (nSPS) is 13.6. The van der Waals surface area contributed by atoms with Gasteiger partial charge in [-0.05, 0) is 12.5 Å². The maximum atomic E-state index is 6.31. The van der Waals surface area contributed by atoms with Crippen molar-refractivity contribution in [1.82, 2.24) is 0 Å². The second-order valence-corrected chi connectivity index (χ2v) is 5.58. The van der Waals surface area contributed by atoms with Gasteiger partial charge in [0.2, 0.25) is 0 Å². The zero-order valence-electron chi connectivity index (χ0n) is 12.0. The van der Waals surface area contributed by atoms with Crippen LogP contribution in [0.3, 0.4) is 0 Å². The molecule has 0 saturated heterocycles. The zero-order valence-corrected chi connectivity index (χ0v) is 12.7. The maximum absolute atomic E-state index is 6.31. The number of ether oxygens (including phenoxy) is 2. The number of rotatable bonds is 3. The lowest BCUT2D eigenvalue weighted by atomic mass is 10.1. The SMILES string of the molecule is Cc1cccc(CNc2cc3c(cc2Cl)OCCCO3)c1. The van der Waals surface area contributed by atoms with Crippen LogP contribution in [0.2, 0.25) is 5.02 Å². The van der Waals surface area contributed by atoms with Crippen molar-refractivity contribution in [3.8, 4) is 11.5 Å². The maximum Gasteiger partial charge on any atom is 0.163 e. The van der Waals surface area contributed by atoms with E-state index in [0.29, 0.717) is 18.2 Å². The standard InChI is InChI=1S/C17H18ClNO2/c1-12-4-2-5-13(8-12)11-19-15-10-17-16(9-14(15)18)20-6-3-7-21-17/h2,4-5,8-10,19H,3,6-7,11H2,1H3. The molecule has 1 aliphatic heterocycles. The fraction of sp³-hybridized carbons (Fsp3) is 0.294. The van der Waals surface area contributed by atoms with E-state index in [4.69, 9.17) is 21.1 Å². The monoisotopic (exact) mass is 303 g/mol. The van der Waals surface area contributed by atoms with Gasteiger partial charge in [-0.3, -0.25) is 0 Å². The van der Waals surface area contributed by atoms with E-state index in [2.05, 4.69) is 36.5 Å². The average molecular weight is 304 g/mol. The minimum Gasteiger partial charge on any atom is -0.490 e. The van der Waals surface area contributed by atoms with Crippen molar-refractivity contribution in [2.75, 3.05) is 18.5 Å². The molecule has 0 saturated carbocycles. The molecule has 1 heterocycles. The van der Waals surface area contributed by atoms with Crippen molar-refractivity contribution in [3.63, 3.8) is 0 Å². The molecule has 0 aliphatic carbocycles. The molecule has 1 aliphatic rings. The molecule has 4 heteroatoms. The Kier molecular flexibility index (Phi) is 4.20. The van der Waals surface area contributed by atoms with Crippen LogP contribution >= 0.6 is 11.6 Å². The van der Waals surface area contributed by atoms with Gasteiger partial charge in [0, 0.05) is 25.1 Å². The van der Waals surface area contributed by atoms with Crippen LogP contribution in [-0.4, -0.2) is 13.2 Å². The van der Waals surface area contributed by atoms with Crippen LogP contribution in [0.25, 0.3) is 0 Å². The number of benzene rings is 2. The molecular weight excluding hydrogens is 286 g/mol. The van der Waals surface area contributed by atoms with Crippen LogP contribution in [0.5, 0.6) is 11.5 Å². The van der Waals surface area contributed by atoms with E-state index in [0.717, 1.165) is 30.2 Å². The van der Waals surface area contributed by atoms with E-state index in [1.807, 2.05) is 12.1 Å².